The molecule has 2 rings (SSSR count). The molecular formula is C14H16Cl2N2O2S. The quantitative estimate of drug-likeness (QED) is 0.807. The van der Waals surface area contributed by atoms with Crippen LogP contribution in [0.2, 0.25) is 10.0 Å². The van der Waals surface area contributed by atoms with Gasteiger partial charge in [0.05, 0.1) is 20.7 Å². The number of ether oxygens (including phenoxy) is 1. The van der Waals surface area contributed by atoms with E-state index in [-0.39, 0.29) is 6.61 Å². The number of halogens is 2. The molecule has 0 fully saturated rings. The zero-order valence-electron chi connectivity index (χ0n) is 11.5. The molecule has 0 saturated carbocycles. The van der Waals surface area contributed by atoms with Gasteiger partial charge in [0.2, 0.25) is 0 Å². The molecule has 0 radical (unpaired) electrons. The Hall–Kier alpha value is -0.850. The third kappa shape index (κ3) is 5.45. The number of aliphatic hydroxyl groups is 1. The predicted octanol–water partition coefficient (Wildman–Crippen LogP) is 3.29. The third-order valence-corrected chi connectivity index (χ3v) is 4.25. The van der Waals surface area contributed by atoms with E-state index in [0.29, 0.717) is 28.9 Å². The lowest BCUT2D eigenvalue weighted by Crippen LogP contribution is -2.31. The van der Waals surface area contributed by atoms with Crippen LogP contribution in [0.1, 0.15) is 10.7 Å². The summed E-state index contributed by atoms with van der Waals surface area (Å²) >= 11 is 13.3. The van der Waals surface area contributed by atoms with Gasteiger partial charge in [-0.1, -0.05) is 23.2 Å². The first-order valence-corrected chi connectivity index (χ1v) is 8.06. The van der Waals surface area contributed by atoms with Crippen molar-refractivity contribution in [3.05, 3.63) is 44.3 Å². The number of thiazole rings is 1. The normalized spacial score (nSPS) is 12.4. The van der Waals surface area contributed by atoms with E-state index in [1.165, 1.54) is 0 Å². The Kier molecular flexibility index (Phi) is 6.26. The van der Waals surface area contributed by atoms with Crippen molar-refractivity contribution in [2.45, 2.75) is 19.6 Å². The lowest BCUT2D eigenvalue weighted by atomic mass is 10.3. The summed E-state index contributed by atoms with van der Waals surface area (Å²) in [6.07, 6.45) is -0.612. The van der Waals surface area contributed by atoms with E-state index in [2.05, 4.69) is 10.3 Å². The van der Waals surface area contributed by atoms with Crippen molar-refractivity contribution < 1.29 is 9.84 Å². The van der Waals surface area contributed by atoms with Crippen LogP contribution in [0.4, 0.5) is 0 Å². The molecule has 0 aliphatic heterocycles. The van der Waals surface area contributed by atoms with Crippen molar-refractivity contribution in [1.29, 1.82) is 0 Å². The predicted molar refractivity (Wildman–Crippen MR) is 86.5 cm³/mol. The highest BCUT2D eigenvalue weighted by Gasteiger charge is 2.07. The number of aliphatic hydroxyl groups excluding tert-OH is 1. The summed E-state index contributed by atoms with van der Waals surface area (Å²) in [6, 6.07) is 5.00. The maximum atomic E-state index is 9.85. The molecule has 0 saturated heterocycles. The Labute approximate surface area is 137 Å². The number of nitrogens with one attached hydrogen (secondary N) is 1. The zero-order chi connectivity index (χ0) is 15.2. The Morgan fingerprint density at radius 2 is 2.19 bits per heavy atom. The van der Waals surface area contributed by atoms with Gasteiger partial charge in [-0.05, 0) is 19.1 Å². The molecule has 21 heavy (non-hydrogen) atoms. The monoisotopic (exact) mass is 346 g/mol. The number of aryl methyl sites for hydroxylation is 1. The SMILES string of the molecule is Cc1nc(CNCC(O)COc2ccc(Cl)c(Cl)c2)cs1. The van der Waals surface area contributed by atoms with Gasteiger partial charge in [-0.3, -0.25) is 0 Å². The number of rotatable bonds is 7. The van der Waals surface area contributed by atoms with Crippen LogP contribution in [0.25, 0.3) is 0 Å². The molecule has 2 aromatic rings. The van der Waals surface area contributed by atoms with Gasteiger partial charge in [0, 0.05) is 24.5 Å². The highest BCUT2D eigenvalue weighted by atomic mass is 35.5. The average Bonchev–Trinajstić information content (AvgIpc) is 2.86. The second-order valence-corrected chi connectivity index (χ2v) is 6.41. The van der Waals surface area contributed by atoms with Gasteiger partial charge in [0.1, 0.15) is 18.5 Å². The summed E-state index contributed by atoms with van der Waals surface area (Å²) in [7, 11) is 0. The first-order chi connectivity index (χ1) is 10.0. The minimum Gasteiger partial charge on any atom is -0.491 e. The summed E-state index contributed by atoms with van der Waals surface area (Å²) in [6.45, 7) is 3.21. The highest BCUT2D eigenvalue weighted by molar-refractivity contribution is 7.09. The molecule has 1 atom stereocenters. The average molecular weight is 347 g/mol. The van der Waals surface area contributed by atoms with Crippen molar-refractivity contribution in [2.24, 2.45) is 0 Å². The van der Waals surface area contributed by atoms with Gasteiger partial charge in [-0.25, -0.2) is 4.98 Å². The second kappa shape index (κ2) is 7.96. The van der Waals surface area contributed by atoms with E-state index in [1.807, 2.05) is 12.3 Å². The van der Waals surface area contributed by atoms with E-state index in [4.69, 9.17) is 27.9 Å². The van der Waals surface area contributed by atoms with Crippen molar-refractivity contribution in [3.63, 3.8) is 0 Å². The fourth-order valence-electron chi connectivity index (χ4n) is 1.67. The Morgan fingerprint density at radius 3 is 2.86 bits per heavy atom. The molecule has 1 aromatic heterocycles. The fourth-order valence-corrected chi connectivity index (χ4v) is 2.57. The van der Waals surface area contributed by atoms with Gasteiger partial charge in [-0.15, -0.1) is 11.3 Å². The van der Waals surface area contributed by atoms with Crippen LogP contribution in [0, 0.1) is 6.92 Å². The van der Waals surface area contributed by atoms with Crippen LogP contribution >= 0.6 is 34.5 Å². The van der Waals surface area contributed by atoms with Gasteiger partial charge in [0.15, 0.2) is 0 Å². The maximum absolute atomic E-state index is 9.85. The van der Waals surface area contributed by atoms with Gasteiger partial charge in [0.25, 0.3) is 0 Å². The molecule has 0 amide bonds. The van der Waals surface area contributed by atoms with E-state index >= 15 is 0 Å². The minimum atomic E-state index is -0.612. The zero-order valence-corrected chi connectivity index (χ0v) is 13.8. The molecule has 1 unspecified atom stereocenters. The topological polar surface area (TPSA) is 54.4 Å². The molecule has 0 spiro atoms. The van der Waals surface area contributed by atoms with E-state index < -0.39 is 6.10 Å². The fraction of sp³-hybridized carbons (Fsp3) is 0.357. The lowest BCUT2D eigenvalue weighted by molar-refractivity contribution is 0.106. The van der Waals surface area contributed by atoms with E-state index in [1.54, 1.807) is 29.5 Å². The maximum Gasteiger partial charge on any atom is 0.121 e. The van der Waals surface area contributed by atoms with Crippen molar-refractivity contribution >= 4 is 34.5 Å². The Balaban J connectivity index is 1.69. The Bertz CT molecular complexity index is 592. The van der Waals surface area contributed by atoms with Gasteiger partial charge < -0.3 is 15.2 Å². The molecule has 0 aliphatic rings. The molecular weight excluding hydrogens is 331 g/mol. The highest BCUT2D eigenvalue weighted by Crippen LogP contribution is 2.26. The summed E-state index contributed by atoms with van der Waals surface area (Å²) in [5, 5.41) is 16.9. The first-order valence-electron chi connectivity index (χ1n) is 6.42. The van der Waals surface area contributed by atoms with Crippen molar-refractivity contribution in [3.8, 4) is 5.75 Å². The largest absolute Gasteiger partial charge is 0.491 e. The molecule has 1 heterocycles. The summed E-state index contributed by atoms with van der Waals surface area (Å²) in [4.78, 5) is 4.34. The first kappa shape index (κ1) is 16.5. The number of benzene rings is 1. The van der Waals surface area contributed by atoms with Crippen LogP contribution in [0.15, 0.2) is 23.6 Å². The van der Waals surface area contributed by atoms with Gasteiger partial charge in [-0.2, -0.15) is 0 Å². The summed E-state index contributed by atoms with van der Waals surface area (Å²) in [5.74, 6) is 0.582. The molecule has 0 aliphatic carbocycles. The van der Waals surface area contributed by atoms with E-state index in [0.717, 1.165) is 10.7 Å². The standard InChI is InChI=1S/C14H16Cl2N2O2S/c1-9-18-10(8-21-9)5-17-6-11(19)7-20-12-2-3-13(15)14(16)4-12/h2-4,8,11,17,19H,5-7H2,1H3. The second-order valence-electron chi connectivity index (χ2n) is 4.53. The van der Waals surface area contributed by atoms with Crippen LogP contribution in [-0.4, -0.2) is 29.3 Å². The van der Waals surface area contributed by atoms with Crippen LogP contribution < -0.4 is 10.1 Å². The molecule has 0 bridgehead atoms. The van der Waals surface area contributed by atoms with Crippen molar-refractivity contribution in [2.75, 3.05) is 13.2 Å². The number of aromatic nitrogens is 1. The molecule has 4 nitrogen and oxygen atoms in total. The third-order valence-electron chi connectivity index (χ3n) is 2.69. The number of nitrogens with zero attached hydrogens (tertiary/aromatic N) is 1. The lowest BCUT2D eigenvalue weighted by Gasteiger charge is -2.13. The smallest absolute Gasteiger partial charge is 0.121 e. The summed E-state index contributed by atoms with van der Waals surface area (Å²) in [5.41, 5.74) is 0.982. The summed E-state index contributed by atoms with van der Waals surface area (Å²) < 4.78 is 5.46. The molecule has 114 valence electrons. The van der Waals surface area contributed by atoms with Gasteiger partial charge >= 0.3 is 0 Å². The molecule has 1 aromatic carbocycles. The molecule has 7 heteroatoms. The van der Waals surface area contributed by atoms with Crippen molar-refractivity contribution in [1.82, 2.24) is 10.3 Å². The number of hydrogen-bond donors (Lipinski definition) is 2. The Morgan fingerprint density at radius 1 is 1.38 bits per heavy atom. The van der Waals surface area contributed by atoms with Crippen LogP contribution in [0.5, 0.6) is 5.75 Å². The number of hydrogen-bond acceptors (Lipinski definition) is 5. The van der Waals surface area contributed by atoms with Crippen LogP contribution in [-0.2, 0) is 6.54 Å². The minimum absolute atomic E-state index is 0.182. The molecule has 2 N–H and O–H groups in total. The van der Waals surface area contributed by atoms with Crippen LogP contribution in [0.3, 0.4) is 0 Å². The van der Waals surface area contributed by atoms with E-state index in [9.17, 15) is 5.11 Å².